The number of fused-ring (bicyclic) bond motifs is 1. The molecule has 0 amide bonds. The zero-order valence-electron chi connectivity index (χ0n) is 15.6. The summed E-state index contributed by atoms with van der Waals surface area (Å²) in [5, 5.41) is 20.5. The van der Waals surface area contributed by atoms with Gasteiger partial charge in [0, 0.05) is 24.6 Å². The van der Waals surface area contributed by atoms with Crippen LogP contribution in [0.4, 0.5) is 0 Å². The van der Waals surface area contributed by atoms with Crippen molar-refractivity contribution in [1.29, 1.82) is 0 Å². The van der Waals surface area contributed by atoms with E-state index in [1.165, 1.54) is 11.1 Å². The maximum absolute atomic E-state index is 10.1. The van der Waals surface area contributed by atoms with Crippen LogP contribution in [0.5, 0.6) is 0 Å². The Hall–Kier alpha value is -2.14. The molecule has 0 radical (unpaired) electrons. The van der Waals surface area contributed by atoms with E-state index in [-0.39, 0.29) is 18.8 Å². The molecule has 1 aliphatic heterocycles. The largest absolute Gasteiger partial charge is 0.458 e. The number of rotatable bonds is 5. The zero-order valence-corrected chi connectivity index (χ0v) is 15.6. The molecule has 0 saturated carbocycles. The third kappa shape index (κ3) is 3.93. The van der Waals surface area contributed by atoms with Gasteiger partial charge in [0.1, 0.15) is 17.4 Å². The van der Waals surface area contributed by atoms with Crippen molar-refractivity contribution >= 4 is 11.0 Å². The van der Waals surface area contributed by atoms with E-state index in [4.69, 9.17) is 9.15 Å². The van der Waals surface area contributed by atoms with Crippen LogP contribution in [0.1, 0.15) is 48.3 Å². The molecule has 1 aliphatic rings. The Morgan fingerprint density at radius 2 is 1.81 bits per heavy atom. The number of aryl methyl sites for hydroxylation is 1. The lowest BCUT2D eigenvalue weighted by atomic mass is 9.99. The number of hydrogen-bond acceptors (Lipinski definition) is 4. The quantitative estimate of drug-likeness (QED) is 0.712. The third-order valence-corrected chi connectivity index (χ3v) is 5.37. The van der Waals surface area contributed by atoms with Crippen LogP contribution in [0, 0.1) is 0 Å². The van der Waals surface area contributed by atoms with Crippen molar-refractivity contribution in [3.63, 3.8) is 0 Å². The van der Waals surface area contributed by atoms with E-state index in [2.05, 4.69) is 37.3 Å². The lowest BCUT2D eigenvalue weighted by Gasteiger charge is -2.31. The summed E-state index contributed by atoms with van der Waals surface area (Å²) in [6.45, 7) is 2.07. The summed E-state index contributed by atoms with van der Waals surface area (Å²) < 4.78 is 12.1. The predicted octanol–water partition coefficient (Wildman–Crippen LogP) is 4.16. The number of para-hydroxylation sites is 1. The summed E-state index contributed by atoms with van der Waals surface area (Å²) in [6.07, 6.45) is 1.65. The van der Waals surface area contributed by atoms with Gasteiger partial charge in [-0.05, 0) is 29.2 Å². The fourth-order valence-corrected chi connectivity index (χ4v) is 3.85. The van der Waals surface area contributed by atoms with Crippen LogP contribution in [0.2, 0.25) is 0 Å². The molecule has 1 aromatic heterocycles. The van der Waals surface area contributed by atoms with Crippen LogP contribution >= 0.6 is 0 Å². The van der Waals surface area contributed by atoms with E-state index >= 15 is 0 Å². The summed E-state index contributed by atoms with van der Waals surface area (Å²) >= 11 is 0. The Morgan fingerprint density at radius 3 is 2.56 bits per heavy atom. The average molecular weight is 366 g/mol. The van der Waals surface area contributed by atoms with Crippen LogP contribution in [-0.4, -0.2) is 29.0 Å². The number of furan rings is 1. The van der Waals surface area contributed by atoms with E-state index in [1.807, 2.05) is 18.2 Å². The summed E-state index contributed by atoms with van der Waals surface area (Å²) in [5.41, 5.74) is 4.60. The molecular formula is C23H26O4. The number of aliphatic hydroxyl groups is 2. The summed E-state index contributed by atoms with van der Waals surface area (Å²) in [7, 11) is 0. The van der Waals surface area contributed by atoms with Crippen LogP contribution in [0.3, 0.4) is 0 Å². The standard InChI is InChI=1S/C23H26O4/c1-2-15-6-8-16(9-7-15)10-17-4-3-5-18-11-21(27-23(17)18)22-13-19(25)12-20(14-24)26-22/h3-9,11,19-20,22,24-25H,2,10,12-14H2,1H3. The predicted molar refractivity (Wildman–Crippen MR) is 105 cm³/mol. The second-order valence-corrected chi connectivity index (χ2v) is 7.39. The normalized spacial score (nSPS) is 23.0. The highest BCUT2D eigenvalue weighted by atomic mass is 16.5. The van der Waals surface area contributed by atoms with E-state index in [0.717, 1.165) is 35.1 Å². The minimum atomic E-state index is -0.481. The Labute approximate surface area is 159 Å². The van der Waals surface area contributed by atoms with Crippen molar-refractivity contribution < 1.29 is 19.4 Å². The average Bonchev–Trinajstić information content (AvgIpc) is 3.13. The van der Waals surface area contributed by atoms with Gasteiger partial charge in [0.25, 0.3) is 0 Å². The Kier molecular flexibility index (Phi) is 5.30. The van der Waals surface area contributed by atoms with E-state index < -0.39 is 6.10 Å². The van der Waals surface area contributed by atoms with Crippen molar-refractivity contribution in [2.24, 2.45) is 0 Å². The maximum Gasteiger partial charge on any atom is 0.137 e. The second-order valence-electron chi connectivity index (χ2n) is 7.39. The van der Waals surface area contributed by atoms with Gasteiger partial charge < -0.3 is 19.4 Å². The summed E-state index contributed by atoms with van der Waals surface area (Å²) in [4.78, 5) is 0. The lowest BCUT2D eigenvalue weighted by molar-refractivity contribution is -0.119. The monoisotopic (exact) mass is 366 g/mol. The minimum absolute atomic E-state index is 0.0905. The highest BCUT2D eigenvalue weighted by Crippen LogP contribution is 2.35. The molecule has 4 heteroatoms. The van der Waals surface area contributed by atoms with Crippen molar-refractivity contribution in [2.45, 2.75) is 50.9 Å². The van der Waals surface area contributed by atoms with Gasteiger partial charge in [0.2, 0.25) is 0 Å². The molecule has 142 valence electrons. The fourth-order valence-electron chi connectivity index (χ4n) is 3.85. The smallest absolute Gasteiger partial charge is 0.137 e. The molecule has 2 N–H and O–H groups in total. The number of ether oxygens (including phenoxy) is 1. The fraction of sp³-hybridized carbons (Fsp3) is 0.391. The van der Waals surface area contributed by atoms with Crippen LogP contribution in [-0.2, 0) is 17.6 Å². The lowest BCUT2D eigenvalue weighted by Crippen LogP contribution is -2.33. The SMILES string of the molecule is CCc1ccc(Cc2cccc3cc(C4CC(O)CC(CO)O4)oc23)cc1. The van der Waals surface area contributed by atoms with Crippen LogP contribution < -0.4 is 0 Å². The third-order valence-electron chi connectivity index (χ3n) is 5.37. The molecule has 1 fully saturated rings. The molecule has 0 spiro atoms. The van der Waals surface area contributed by atoms with Gasteiger partial charge in [-0.3, -0.25) is 0 Å². The number of hydrogen-bond donors (Lipinski definition) is 2. The van der Waals surface area contributed by atoms with Gasteiger partial charge in [-0.25, -0.2) is 0 Å². The molecule has 2 aromatic carbocycles. The molecule has 3 atom stereocenters. The van der Waals surface area contributed by atoms with E-state index in [0.29, 0.717) is 12.8 Å². The number of aliphatic hydroxyl groups excluding tert-OH is 2. The molecule has 0 aliphatic carbocycles. The van der Waals surface area contributed by atoms with Gasteiger partial charge in [0.05, 0.1) is 18.8 Å². The molecule has 3 aromatic rings. The second kappa shape index (κ2) is 7.85. The van der Waals surface area contributed by atoms with Crippen molar-refractivity contribution in [2.75, 3.05) is 6.61 Å². The topological polar surface area (TPSA) is 62.8 Å². The number of benzene rings is 2. The molecule has 0 bridgehead atoms. The molecule has 4 nitrogen and oxygen atoms in total. The minimum Gasteiger partial charge on any atom is -0.458 e. The first-order valence-corrected chi connectivity index (χ1v) is 9.69. The zero-order chi connectivity index (χ0) is 18.8. The summed E-state index contributed by atoms with van der Waals surface area (Å²) in [5.74, 6) is 0.719. The maximum atomic E-state index is 10.1. The first kappa shape index (κ1) is 18.2. The molecule has 1 saturated heterocycles. The highest BCUT2D eigenvalue weighted by molar-refractivity contribution is 5.81. The van der Waals surface area contributed by atoms with Crippen LogP contribution in [0.15, 0.2) is 52.9 Å². The van der Waals surface area contributed by atoms with Gasteiger partial charge in [0.15, 0.2) is 0 Å². The van der Waals surface area contributed by atoms with Crippen molar-refractivity contribution in [3.05, 3.63) is 71.0 Å². The van der Waals surface area contributed by atoms with Gasteiger partial charge in [-0.1, -0.05) is 49.4 Å². The Morgan fingerprint density at radius 1 is 1.04 bits per heavy atom. The van der Waals surface area contributed by atoms with Gasteiger partial charge in [-0.15, -0.1) is 0 Å². The van der Waals surface area contributed by atoms with Gasteiger partial charge in [-0.2, -0.15) is 0 Å². The highest BCUT2D eigenvalue weighted by Gasteiger charge is 2.31. The first-order valence-electron chi connectivity index (χ1n) is 9.69. The molecular weight excluding hydrogens is 340 g/mol. The van der Waals surface area contributed by atoms with E-state index in [1.54, 1.807) is 0 Å². The van der Waals surface area contributed by atoms with E-state index in [9.17, 15) is 10.2 Å². The molecule has 3 unspecified atom stereocenters. The Bertz CT molecular complexity index is 896. The first-order chi connectivity index (χ1) is 13.2. The van der Waals surface area contributed by atoms with Crippen molar-refractivity contribution in [1.82, 2.24) is 0 Å². The molecule has 27 heavy (non-hydrogen) atoms. The van der Waals surface area contributed by atoms with Crippen molar-refractivity contribution in [3.8, 4) is 0 Å². The summed E-state index contributed by atoms with van der Waals surface area (Å²) in [6, 6.07) is 16.9. The molecule has 2 heterocycles. The van der Waals surface area contributed by atoms with Gasteiger partial charge >= 0.3 is 0 Å². The molecule has 4 rings (SSSR count). The Balaban J connectivity index is 1.61. The van der Waals surface area contributed by atoms with Crippen LogP contribution in [0.25, 0.3) is 11.0 Å².